The summed E-state index contributed by atoms with van der Waals surface area (Å²) in [5.74, 6) is 0. The van der Waals surface area contributed by atoms with Crippen molar-refractivity contribution in [1.82, 2.24) is 0 Å². The molecule has 3 N–H and O–H groups in total. The number of carbonyl (C=O) groups excluding carboxylic acids is 1. The summed E-state index contributed by atoms with van der Waals surface area (Å²) in [4.78, 5) is 17.2. The Morgan fingerprint density at radius 1 is 1.86 bits per heavy atom. The van der Waals surface area contributed by atoms with E-state index in [1.54, 1.807) is 0 Å². The highest BCUT2D eigenvalue weighted by Crippen LogP contribution is 1.65. The van der Waals surface area contributed by atoms with Gasteiger partial charge in [0.1, 0.15) is 0 Å². The number of hydrogen-bond donors (Lipinski definition) is 2. The highest BCUT2D eigenvalue weighted by atomic mass is 28.3. The molecule has 0 saturated heterocycles. The smallest absolute Gasteiger partial charge is 0.511 e. The lowest BCUT2D eigenvalue weighted by Gasteiger charge is -1.84. The number of amides is 1. The highest BCUT2D eigenvalue weighted by molar-refractivity contribution is 6.27. The number of rotatable bonds is 1. The van der Waals surface area contributed by atoms with Gasteiger partial charge in [-0.3, -0.25) is 4.46 Å². The standard InChI is InChI=1S/CH3NO4Si/c2-1(3)6-7(4)5/h4H,(H2,2,3). The van der Waals surface area contributed by atoms with Gasteiger partial charge in [0.2, 0.25) is 0 Å². The third kappa shape index (κ3) is 5.09. The Morgan fingerprint density at radius 2 is 2.29 bits per heavy atom. The van der Waals surface area contributed by atoms with E-state index in [9.17, 15) is 9.26 Å². The van der Waals surface area contributed by atoms with Crippen LogP contribution < -0.4 is 5.73 Å². The van der Waals surface area contributed by atoms with Gasteiger partial charge in [-0.2, -0.15) is 0 Å². The third-order valence-corrected chi connectivity index (χ3v) is 0.564. The minimum atomic E-state index is -3.16. The summed E-state index contributed by atoms with van der Waals surface area (Å²) in [6, 6.07) is 0. The second-order valence-electron chi connectivity index (χ2n) is 0.687. The van der Waals surface area contributed by atoms with Gasteiger partial charge >= 0.3 is 15.3 Å². The molecule has 0 radical (unpaired) electrons. The Morgan fingerprint density at radius 3 is 2.29 bits per heavy atom. The van der Waals surface area contributed by atoms with Crippen molar-refractivity contribution in [2.75, 3.05) is 0 Å². The fourth-order valence-electron chi connectivity index (χ4n) is 0.0861. The first-order valence-corrected chi connectivity index (χ1v) is 2.59. The molecular weight excluding hydrogens is 118 g/mol. The lowest BCUT2D eigenvalue weighted by atomic mass is 11.3. The van der Waals surface area contributed by atoms with Crippen LogP contribution in [0.25, 0.3) is 0 Å². The molecule has 0 heterocycles. The van der Waals surface area contributed by atoms with E-state index in [4.69, 9.17) is 4.80 Å². The Bertz CT molecular complexity index is 87.9. The third-order valence-electron chi connectivity index (χ3n) is 0.188. The fourth-order valence-corrected chi connectivity index (χ4v) is 0.258. The maximum atomic E-state index is 9.48. The van der Waals surface area contributed by atoms with Gasteiger partial charge in [0.25, 0.3) is 0 Å². The molecule has 0 unspecified atom stereocenters. The molecule has 0 aliphatic carbocycles. The van der Waals surface area contributed by atoms with Crippen LogP contribution in [0.3, 0.4) is 0 Å². The van der Waals surface area contributed by atoms with Crippen LogP contribution in [0, 0.1) is 0 Å². The van der Waals surface area contributed by atoms with E-state index in [1.807, 2.05) is 0 Å². The van der Waals surface area contributed by atoms with Crippen LogP contribution in [0.15, 0.2) is 0 Å². The molecule has 0 aromatic carbocycles. The van der Waals surface area contributed by atoms with E-state index in [0.717, 1.165) is 0 Å². The molecule has 0 aromatic heterocycles. The lowest BCUT2D eigenvalue weighted by Crippen LogP contribution is -2.19. The molecule has 5 nitrogen and oxygen atoms in total. The summed E-state index contributed by atoms with van der Waals surface area (Å²) in [6.45, 7) is 0. The van der Waals surface area contributed by atoms with Crippen LogP contribution in [-0.2, 0) is 8.89 Å². The van der Waals surface area contributed by atoms with Crippen LogP contribution in [-0.4, -0.2) is 20.1 Å². The normalized spacial score (nSPS) is 7.43. The summed E-state index contributed by atoms with van der Waals surface area (Å²) in [7, 11) is -3.16. The Balaban J connectivity index is 3.32. The van der Waals surface area contributed by atoms with Gasteiger partial charge in [0, 0.05) is 0 Å². The van der Waals surface area contributed by atoms with Gasteiger partial charge in [0.05, 0.1) is 0 Å². The molecule has 1 amide bonds. The van der Waals surface area contributed by atoms with Gasteiger partial charge in [-0.05, 0) is 0 Å². The van der Waals surface area contributed by atoms with E-state index >= 15 is 0 Å². The summed E-state index contributed by atoms with van der Waals surface area (Å²) in [5.41, 5.74) is 4.30. The fraction of sp³-hybridized carbons (Fsp3) is 0. The average molecular weight is 121 g/mol. The Hall–Kier alpha value is -0.913. The maximum Gasteiger partial charge on any atom is 0.773 e. The minimum absolute atomic E-state index is 1.23. The quantitative estimate of drug-likeness (QED) is 0.413. The summed E-state index contributed by atoms with van der Waals surface area (Å²) >= 11 is 0. The predicted octanol–water partition coefficient (Wildman–Crippen LogP) is -1.51. The SMILES string of the molecule is NC(=O)O[Si](=O)O. The van der Waals surface area contributed by atoms with Crippen LogP contribution in [0.1, 0.15) is 0 Å². The van der Waals surface area contributed by atoms with Crippen molar-refractivity contribution >= 4 is 15.3 Å². The number of carbonyl (C=O) groups is 1. The van der Waals surface area contributed by atoms with E-state index in [-0.39, 0.29) is 0 Å². The van der Waals surface area contributed by atoms with Gasteiger partial charge in [-0.25, -0.2) is 4.79 Å². The molecule has 7 heavy (non-hydrogen) atoms. The van der Waals surface area contributed by atoms with E-state index in [2.05, 4.69) is 10.2 Å². The van der Waals surface area contributed by atoms with Gasteiger partial charge < -0.3 is 15.0 Å². The molecule has 6 heteroatoms. The van der Waals surface area contributed by atoms with Crippen molar-refractivity contribution in [3.8, 4) is 0 Å². The molecule has 0 aliphatic rings. The summed E-state index contributed by atoms with van der Waals surface area (Å²) in [6.07, 6.45) is -1.23. The summed E-state index contributed by atoms with van der Waals surface area (Å²) in [5, 5.41) is 0. The largest absolute Gasteiger partial charge is 0.773 e. The van der Waals surface area contributed by atoms with Crippen LogP contribution in [0.2, 0.25) is 0 Å². The molecule has 0 spiro atoms. The maximum absolute atomic E-state index is 9.48. The first-order valence-electron chi connectivity index (χ1n) is 1.33. The van der Waals surface area contributed by atoms with Crippen LogP contribution >= 0.6 is 0 Å². The topological polar surface area (TPSA) is 89.6 Å². The zero-order valence-corrected chi connectivity index (χ0v) is 4.25. The lowest BCUT2D eigenvalue weighted by molar-refractivity contribution is 0.194. The van der Waals surface area contributed by atoms with E-state index < -0.39 is 15.3 Å². The zero-order valence-electron chi connectivity index (χ0n) is 3.25. The number of primary amides is 1. The molecular formula is CH3NO4Si. The van der Waals surface area contributed by atoms with E-state index in [0.29, 0.717) is 0 Å². The highest BCUT2D eigenvalue weighted by Gasteiger charge is 2.06. The van der Waals surface area contributed by atoms with Crippen molar-refractivity contribution in [1.29, 1.82) is 0 Å². The predicted molar refractivity (Wildman–Crippen MR) is 19.3 cm³/mol. The molecule has 0 saturated carbocycles. The molecule has 0 atom stereocenters. The monoisotopic (exact) mass is 121 g/mol. The first-order chi connectivity index (χ1) is 3.13. The minimum Gasteiger partial charge on any atom is -0.511 e. The Labute approximate surface area is 40.6 Å². The Kier molecular flexibility index (Phi) is 1.99. The van der Waals surface area contributed by atoms with Crippen LogP contribution in [0.5, 0.6) is 0 Å². The van der Waals surface area contributed by atoms with Crippen molar-refractivity contribution in [3.63, 3.8) is 0 Å². The molecule has 0 bridgehead atoms. The van der Waals surface area contributed by atoms with E-state index in [1.165, 1.54) is 0 Å². The molecule has 0 aliphatic heterocycles. The van der Waals surface area contributed by atoms with Crippen molar-refractivity contribution < 1.29 is 18.5 Å². The van der Waals surface area contributed by atoms with Gasteiger partial charge in [-0.15, -0.1) is 0 Å². The second kappa shape index (κ2) is 2.29. The molecule has 0 fully saturated rings. The zero-order chi connectivity index (χ0) is 5.86. The first kappa shape index (κ1) is 6.09. The second-order valence-corrected chi connectivity index (χ2v) is 1.42. The molecule has 0 rings (SSSR count). The summed E-state index contributed by atoms with van der Waals surface area (Å²) < 4.78 is 13.0. The average Bonchev–Trinajstić information content (AvgIpc) is 1.27. The van der Waals surface area contributed by atoms with Crippen molar-refractivity contribution in [2.45, 2.75) is 0 Å². The van der Waals surface area contributed by atoms with Crippen molar-refractivity contribution in [2.24, 2.45) is 5.73 Å². The van der Waals surface area contributed by atoms with Crippen molar-refractivity contribution in [3.05, 3.63) is 0 Å². The molecule has 40 valence electrons. The molecule has 0 aromatic rings. The van der Waals surface area contributed by atoms with Gasteiger partial charge in [-0.1, -0.05) is 0 Å². The van der Waals surface area contributed by atoms with Crippen LogP contribution in [0.4, 0.5) is 4.79 Å². The number of nitrogens with two attached hydrogens (primary N) is 1. The number of hydrogen-bond acceptors (Lipinski definition) is 3. The van der Waals surface area contributed by atoms with Gasteiger partial charge in [0.15, 0.2) is 0 Å².